The van der Waals surface area contributed by atoms with Crippen LogP contribution in [0.15, 0.2) is 23.1 Å². The molecule has 100 valence electrons. The van der Waals surface area contributed by atoms with Crippen molar-refractivity contribution in [2.45, 2.75) is 18.2 Å². The maximum atomic E-state index is 11.9. The lowest BCUT2D eigenvalue weighted by Crippen LogP contribution is -2.29. The second-order valence-electron chi connectivity index (χ2n) is 3.52. The Hall–Kier alpha value is -1.21. The fourth-order valence-corrected chi connectivity index (χ4v) is 2.04. The Labute approximate surface area is 107 Å². The molecule has 0 bridgehead atoms. The Morgan fingerprint density at radius 2 is 2.06 bits per heavy atom. The van der Waals surface area contributed by atoms with Crippen molar-refractivity contribution in [3.8, 4) is 0 Å². The molecule has 4 nitrogen and oxygen atoms in total. The average molecular weight is 298 g/mol. The number of carbonyl (C=O) groups is 1. The molecule has 0 aliphatic rings. The first-order valence-electron chi connectivity index (χ1n) is 4.83. The maximum Gasteiger partial charge on any atom is 0.261 e. The van der Waals surface area contributed by atoms with Gasteiger partial charge in [0.15, 0.2) is 0 Å². The summed E-state index contributed by atoms with van der Waals surface area (Å²) in [6.45, 7) is 0.762. The molecule has 0 saturated carbocycles. The molecule has 0 heterocycles. The van der Waals surface area contributed by atoms with Crippen molar-refractivity contribution in [3.05, 3.63) is 29.3 Å². The molecular weight excluding hydrogens is 288 g/mol. The van der Waals surface area contributed by atoms with Crippen molar-refractivity contribution in [3.63, 3.8) is 0 Å². The molecule has 0 spiro atoms. The van der Waals surface area contributed by atoms with Crippen LogP contribution in [-0.4, -0.2) is 27.3 Å². The predicted molar refractivity (Wildman–Crippen MR) is 62.6 cm³/mol. The van der Waals surface area contributed by atoms with Gasteiger partial charge in [0.1, 0.15) is 0 Å². The highest BCUT2D eigenvalue weighted by molar-refractivity contribution is 8.13. The van der Waals surface area contributed by atoms with Crippen LogP contribution in [-0.2, 0) is 9.05 Å². The predicted octanol–water partition coefficient (Wildman–Crippen LogP) is 1.92. The lowest BCUT2D eigenvalue weighted by Gasteiger charge is -2.08. The first-order valence-corrected chi connectivity index (χ1v) is 7.14. The van der Waals surface area contributed by atoms with Gasteiger partial charge in [-0.1, -0.05) is 6.07 Å². The highest BCUT2D eigenvalue weighted by Crippen LogP contribution is 2.19. The number of hydrogen-bond donors (Lipinski definition) is 1. The number of benzene rings is 1. The van der Waals surface area contributed by atoms with E-state index in [9.17, 15) is 22.0 Å². The van der Waals surface area contributed by atoms with Gasteiger partial charge in [0.2, 0.25) is 0 Å². The lowest BCUT2D eigenvalue weighted by molar-refractivity contribution is 0.0891. The zero-order chi connectivity index (χ0) is 13.9. The Kier molecular flexibility index (Phi) is 4.64. The van der Waals surface area contributed by atoms with Gasteiger partial charge in [-0.15, -0.1) is 0 Å². The van der Waals surface area contributed by atoms with Crippen molar-refractivity contribution >= 4 is 25.6 Å². The van der Waals surface area contributed by atoms with E-state index in [4.69, 9.17) is 10.7 Å². The Morgan fingerprint density at radius 3 is 2.56 bits per heavy atom. The maximum absolute atomic E-state index is 11.9. The zero-order valence-corrected chi connectivity index (χ0v) is 10.9. The molecule has 1 rings (SSSR count). The summed E-state index contributed by atoms with van der Waals surface area (Å²) in [6, 6.07) is 3.67. The number of halogens is 3. The van der Waals surface area contributed by atoms with Crippen LogP contribution in [0, 0.1) is 6.92 Å². The van der Waals surface area contributed by atoms with Crippen LogP contribution >= 0.6 is 10.7 Å². The molecule has 1 N–H and O–H groups in total. The molecule has 0 radical (unpaired) electrons. The zero-order valence-electron chi connectivity index (χ0n) is 9.28. The standard InChI is InChI=1S/C10H10ClF2NO3S/c1-6-2-3-7(18(11,16)17)4-8(6)10(15)14-5-9(12)13/h2-4,9H,5H2,1H3,(H,14,15). The van der Waals surface area contributed by atoms with Crippen LogP contribution in [0.3, 0.4) is 0 Å². The molecule has 18 heavy (non-hydrogen) atoms. The van der Waals surface area contributed by atoms with Gasteiger partial charge in [0, 0.05) is 16.2 Å². The average Bonchev–Trinajstić information content (AvgIpc) is 2.24. The quantitative estimate of drug-likeness (QED) is 0.864. The summed E-state index contributed by atoms with van der Waals surface area (Å²) in [6.07, 6.45) is -2.67. The van der Waals surface area contributed by atoms with Crippen LogP contribution in [0.4, 0.5) is 8.78 Å². The van der Waals surface area contributed by atoms with E-state index in [0.29, 0.717) is 5.56 Å². The second-order valence-corrected chi connectivity index (χ2v) is 6.08. The van der Waals surface area contributed by atoms with Crippen molar-refractivity contribution < 1.29 is 22.0 Å². The summed E-state index contributed by atoms with van der Waals surface area (Å²) in [5, 5.41) is 1.99. The first-order chi connectivity index (χ1) is 8.21. The third-order valence-corrected chi connectivity index (χ3v) is 3.50. The monoisotopic (exact) mass is 297 g/mol. The summed E-state index contributed by atoms with van der Waals surface area (Å²) in [5.41, 5.74) is 0.461. The number of nitrogens with one attached hydrogen (secondary N) is 1. The SMILES string of the molecule is Cc1ccc(S(=O)(=O)Cl)cc1C(=O)NCC(F)F. The molecule has 0 fully saturated rings. The Morgan fingerprint density at radius 1 is 1.44 bits per heavy atom. The van der Waals surface area contributed by atoms with Crippen molar-refractivity contribution in [2.75, 3.05) is 6.54 Å². The van der Waals surface area contributed by atoms with Crippen molar-refractivity contribution in [1.29, 1.82) is 0 Å². The molecule has 0 aromatic heterocycles. The van der Waals surface area contributed by atoms with Gasteiger partial charge in [0.25, 0.3) is 21.4 Å². The second kappa shape index (κ2) is 5.62. The number of carbonyl (C=O) groups excluding carboxylic acids is 1. The van der Waals surface area contributed by atoms with Gasteiger partial charge in [-0.05, 0) is 24.6 Å². The van der Waals surface area contributed by atoms with Crippen LogP contribution in [0.25, 0.3) is 0 Å². The smallest absolute Gasteiger partial charge is 0.261 e. The minimum atomic E-state index is -3.96. The minimum Gasteiger partial charge on any atom is -0.346 e. The molecule has 0 unspecified atom stereocenters. The lowest BCUT2D eigenvalue weighted by atomic mass is 10.1. The summed E-state index contributed by atoms with van der Waals surface area (Å²) in [5.74, 6) is -0.769. The molecule has 1 aromatic rings. The summed E-state index contributed by atoms with van der Waals surface area (Å²) in [4.78, 5) is 11.3. The molecule has 1 aromatic carbocycles. The first kappa shape index (κ1) is 14.8. The van der Waals surface area contributed by atoms with Gasteiger partial charge < -0.3 is 5.32 Å². The van der Waals surface area contributed by atoms with Crippen LogP contribution in [0.2, 0.25) is 0 Å². The number of amides is 1. The molecule has 0 aliphatic carbocycles. The molecule has 0 saturated heterocycles. The van der Waals surface area contributed by atoms with E-state index in [0.717, 1.165) is 6.07 Å². The highest BCUT2D eigenvalue weighted by atomic mass is 35.7. The fourth-order valence-electron chi connectivity index (χ4n) is 1.26. The Bertz CT molecular complexity index is 560. The summed E-state index contributed by atoms with van der Waals surface area (Å²) >= 11 is 0. The number of aryl methyl sites for hydroxylation is 1. The third-order valence-electron chi connectivity index (χ3n) is 2.15. The van der Waals surface area contributed by atoms with E-state index in [-0.39, 0.29) is 10.5 Å². The number of hydrogen-bond acceptors (Lipinski definition) is 3. The van der Waals surface area contributed by atoms with Crippen LogP contribution < -0.4 is 5.32 Å². The topological polar surface area (TPSA) is 63.2 Å². The van der Waals surface area contributed by atoms with E-state index in [1.54, 1.807) is 6.92 Å². The van der Waals surface area contributed by atoms with Gasteiger partial charge in [-0.2, -0.15) is 0 Å². The van der Waals surface area contributed by atoms with Gasteiger partial charge >= 0.3 is 0 Å². The normalized spacial score (nSPS) is 11.6. The van der Waals surface area contributed by atoms with Gasteiger partial charge in [-0.25, -0.2) is 17.2 Å². The molecule has 1 amide bonds. The highest BCUT2D eigenvalue weighted by Gasteiger charge is 2.16. The van der Waals surface area contributed by atoms with E-state index in [2.05, 4.69) is 0 Å². The van der Waals surface area contributed by atoms with Gasteiger partial charge in [0.05, 0.1) is 11.4 Å². The van der Waals surface area contributed by atoms with E-state index in [1.165, 1.54) is 12.1 Å². The molecule has 0 aliphatic heterocycles. The molecule has 8 heteroatoms. The summed E-state index contributed by atoms with van der Waals surface area (Å²) < 4.78 is 46.1. The van der Waals surface area contributed by atoms with Crippen LogP contribution in [0.5, 0.6) is 0 Å². The molecule has 0 atom stereocenters. The minimum absolute atomic E-state index is 0.00243. The van der Waals surface area contributed by atoms with E-state index < -0.39 is 27.9 Å². The van der Waals surface area contributed by atoms with Gasteiger partial charge in [-0.3, -0.25) is 4.79 Å². The van der Waals surface area contributed by atoms with Crippen LogP contribution in [0.1, 0.15) is 15.9 Å². The fraction of sp³-hybridized carbons (Fsp3) is 0.300. The third kappa shape index (κ3) is 3.92. The van der Waals surface area contributed by atoms with E-state index in [1.807, 2.05) is 5.32 Å². The number of rotatable bonds is 4. The Balaban J connectivity index is 3.05. The number of alkyl halides is 2. The van der Waals surface area contributed by atoms with E-state index >= 15 is 0 Å². The van der Waals surface area contributed by atoms with Crippen molar-refractivity contribution in [2.24, 2.45) is 0 Å². The van der Waals surface area contributed by atoms with Crippen molar-refractivity contribution in [1.82, 2.24) is 5.32 Å². The molecular formula is C10H10ClF2NO3S. The largest absolute Gasteiger partial charge is 0.346 e. The summed E-state index contributed by atoms with van der Waals surface area (Å²) in [7, 11) is 1.17.